The Hall–Kier alpha value is -0.120. The Morgan fingerprint density at radius 3 is 2.47 bits per heavy atom. The molecule has 0 aromatic rings. The monoisotopic (exact) mass is 243 g/mol. The molecule has 3 heteroatoms. The van der Waals surface area contributed by atoms with Gasteiger partial charge in [-0.2, -0.15) is 0 Å². The Kier molecular flexibility index (Phi) is 8.67. The second-order valence-electron chi connectivity index (χ2n) is 5.14. The van der Waals surface area contributed by atoms with Crippen molar-refractivity contribution in [1.82, 2.24) is 0 Å². The molecule has 2 atom stereocenters. The third-order valence-corrected chi connectivity index (χ3v) is 3.91. The van der Waals surface area contributed by atoms with Gasteiger partial charge in [0.1, 0.15) is 0 Å². The number of hydrogen-bond donors (Lipinski definition) is 1. The molecule has 1 rings (SSSR count). The lowest BCUT2D eigenvalue weighted by Crippen LogP contribution is -2.23. The topological polar surface area (TPSA) is 44.5 Å². The van der Waals surface area contributed by atoms with Gasteiger partial charge in [-0.25, -0.2) is 0 Å². The van der Waals surface area contributed by atoms with Crippen molar-refractivity contribution < 1.29 is 9.47 Å². The van der Waals surface area contributed by atoms with Gasteiger partial charge in [0, 0.05) is 13.7 Å². The van der Waals surface area contributed by atoms with E-state index in [0.29, 0.717) is 6.61 Å². The molecule has 2 N–H and O–H groups in total. The van der Waals surface area contributed by atoms with Crippen molar-refractivity contribution in [2.45, 2.75) is 44.9 Å². The molecular weight excluding hydrogens is 214 g/mol. The van der Waals surface area contributed by atoms with Gasteiger partial charge in [-0.3, -0.25) is 0 Å². The first-order valence-electron chi connectivity index (χ1n) is 7.15. The molecule has 0 aromatic carbocycles. The minimum atomic E-state index is 0.703. The largest absolute Gasteiger partial charge is 0.382 e. The zero-order chi connectivity index (χ0) is 12.3. The van der Waals surface area contributed by atoms with E-state index in [1.807, 2.05) is 0 Å². The van der Waals surface area contributed by atoms with Gasteiger partial charge in [-0.15, -0.1) is 0 Å². The summed E-state index contributed by atoms with van der Waals surface area (Å²) >= 11 is 0. The Labute approximate surface area is 106 Å². The van der Waals surface area contributed by atoms with Crippen LogP contribution in [0.15, 0.2) is 0 Å². The first kappa shape index (κ1) is 14.9. The number of rotatable bonds is 8. The van der Waals surface area contributed by atoms with E-state index in [-0.39, 0.29) is 0 Å². The summed E-state index contributed by atoms with van der Waals surface area (Å²) in [5, 5.41) is 0. The van der Waals surface area contributed by atoms with E-state index < -0.39 is 0 Å². The SMILES string of the molecule is COCCOCCCC1CCCCCC1CN. The van der Waals surface area contributed by atoms with Crippen LogP contribution in [0.3, 0.4) is 0 Å². The zero-order valence-corrected chi connectivity index (χ0v) is 11.3. The Morgan fingerprint density at radius 1 is 1.00 bits per heavy atom. The van der Waals surface area contributed by atoms with Gasteiger partial charge in [0.2, 0.25) is 0 Å². The van der Waals surface area contributed by atoms with Crippen molar-refractivity contribution in [1.29, 1.82) is 0 Å². The Morgan fingerprint density at radius 2 is 1.76 bits per heavy atom. The zero-order valence-electron chi connectivity index (χ0n) is 11.3. The minimum absolute atomic E-state index is 0.703. The van der Waals surface area contributed by atoms with Crippen molar-refractivity contribution in [3.8, 4) is 0 Å². The third kappa shape index (κ3) is 6.39. The van der Waals surface area contributed by atoms with Crippen LogP contribution >= 0.6 is 0 Å². The van der Waals surface area contributed by atoms with Gasteiger partial charge >= 0.3 is 0 Å². The molecule has 1 aliphatic rings. The van der Waals surface area contributed by atoms with Crippen LogP contribution < -0.4 is 5.73 Å². The number of ether oxygens (including phenoxy) is 2. The fourth-order valence-electron chi connectivity index (χ4n) is 2.84. The molecule has 0 amide bonds. The molecule has 0 spiro atoms. The Balaban J connectivity index is 2.10. The van der Waals surface area contributed by atoms with Gasteiger partial charge in [0.25, 0.3) is 0 Å². The molecule has 17 heavy (non-hydrogen) atoms. The van der Waals surface area contributed by atoms with E-state index in [1.54, 1.807) is 7.11 Å². The first-order chi connectivity index (χ1) is 8.38. The molecule has 0 radical (unpaired) electrons. The lowest BCUT2D eigenvalue weighted by atomic mass is 9.85. The van der Waals surface area contributed by atoms with Crippen LogP contribution in [0.25, 0.3) is 0 Å². The predicted octanol–water partition coefficient (Wildman–Crippen LogP) is 2.58. The molecule has 3 nitrogen and oxygen atoms in total. The van der Waals surface area contributed by atoms with Crippen LogP contribution in [0, 0.1) is 11.8 Å². The van der Waals surface area contributed by atoms with E-state index in [0.717, 1.165) is 31.6 Å². The van der Waals surface area contributed by atoms with Crippen LogP contribution in [-0.2, 0) is 9.47 Å². The standard InChI is InChI=1S/C14H29NO2/c1-16-10-11-17-9-5-8-13-6-3-2-4-7-14(13)12-15/h13-14H,2-12,15H2,1H3. The molecule has 0 heterocycles. The maximum absolute atomic E-state index is 5.89. The summed E-state index contributed by atoms with van der Waals surface area (Å²) in [6.45, 7) is 3.17. The third-order valence-electron chi connectivity index (χ3n) is 3.91. The highest BCUT2D eigenvalue weighted by atomic mass is 16.5. The molecule has 1 fully saturated rings. The second kappa shape index (κ2) is 9.86. The predicted molar refractivity (Wildman–Crippen MR) is 71.0 cm³/mol. The van der Waals surface area contributed by atoms with Crippen LogP contribution in [0.1, 0.15) is 44.9 Å². The van der Waals surface area contributed by atoms with E-state index in [1.165, 1.54) is 44.9 Å². The average molecular weight is 243 g/mol. The number of hydrogen-bond acceptors (Lipinski definition) is 3. The highest BCUT2D eigenvalue weighted by molar-refractivity contribution is 4.74. The molecule has 0 saturated heterocycles. The van der Waals surface area contributed by atoms with Crippen molar-refractivity contribution in [2.75, 3.05) is 33.5 Å². The fourth-order valence-corrected chi connectivity index (χ4v) is 2.84. The van der Waals surface area contributed by atoms with E-state index in [9.17, 15) is 0 Å². The van der Waals surface area contributed by atoms with Crippen LogP contribution in [0.4, 0.5) is 0 Å². The molecule has 0 aliphatic heterocycles. The number of methoxy groups -OCH3 is 1. The maximum Gasteiger partial charge on any atom is 0.0700 e. The quantitative estimate of drug-likeness (QED) is 0.526. The molecule has 102 valence electrons. The van der Waals surface area contributed by atoms with Gasteiger partial charge in [0.15, 0.2) is 0 Å². The summed E-state index contributed by atoms with van der Waals surface area (Å²) in [7, 11) is 1.71. The Bertz CT molecular complexity index is 176. The van der Waals surface area contributed by atoms with Gasteiger partial charge in [-0.1, -0.05) is 25.7 Å². The molecule has 0 bridgehead atoms. The fraction of sp³-hybridized carbons (Fsp3) is 1.00. The molecular formula is C14H29NO2. The normalized spacial score (nSPS) is 25.8. The first-order valence-corrected chi connectivity index (χ1v) is 7.15. The summed E-state index contributed by atoms with van der Waals surface area (Å²) in [5.41, 5.74) is 5.89. The summed E-state index contributed by atoms with van der Waals surface area (Å²) in [6, 6.07) is 0. The maximum atomic E-state index is 5.89. The highest BCUT2D eigenvalue weighted by Gasteiger charge is 2.21. The molecule has 0 aromatic heterocycles. The second-order valence-corrected chi connectivity index (χ2v) is 5.14. The van der Waals surface area contributed by atoms with Crippen LogP contribution in [-0.4, -0.2) is 33.5 Å². The molecule has 1 aliphatic carbocycles. The van der Waals surface area contributed by atoms with Crippen molar-refractivity contribution in [3.63, 3.8) is 0 Å². The van der Waals surface area contributed by atoms with Crippen molar-refractivity contribution in [3.05, 3.63) is 0 Å². The van der Waals surface area contributed by atoms with Crippen molar-refractivity contribution >= 4 is 0 Å². The van der Waals surface area contributed by atoms with Gasteiger partial charge < -0.3 is 15.2 Å². The lowest BCUT2D eigenvalue weighted by Gasteiger charge is -2.23. The van der Waals surface area contributed by atoms with Crippen LogP contribution in [0.5, 0.6) is 0 Å². The average Bonchev–Trinajstić information content (AvgIpc) is 2.58. The number of nitrogens with two attached hydrogens (primary N) is 1. The summed E-state index contributed by atoms with van der Waals surface area (Å²) in [6.07, 6.45) is 9.34. The summed E-state index contributed by atoms with van der Waals surface area (Å²) in [4.78, 5) is 0. The minimum Gasteiger partial charge on any atom is -0.382 e. The van der Waals surface area contributed by atoms with Crippen molar-refractivity contribution in [2.24, 2.45) is 17.6 Å². The van der Waals surface area contributed by atoms with E-state index in [2.05, 4.69) is 0 Å². The highest BCUT2D eigenvalue weighted by Crippen LogP contribution is 2.31. The van der Waals surface area contributed by atoms with Crippen LogP contribution in [0.2, 0.25) is 0 Å². The van der Waals surface area contributed by atoms with E-state index >= 15 is 0 Å². The lowest BCUT2D eigenvalue weighted by molar-refractivity contribution is 0.0658. The van der Waals surface area contributed by atoms with Gasteiger partial charge in [-0.05, 0) is 37.6 Å². The molecule has 1 saturated carbocycles. The smallest absolute Gasteiger partial charge is 0.0700 e. The van der Waals surface area contributed by atoms with E-state index in [4.69, 9.17) is 15.2 Å². The summed E-state index contributed by atoms with van der Waals surface area (Å²) < 4.78 is 10.5. The summed E-state index contributed by atoms with van der Waals surface area (Å²) in [5.74, 6) is 1.60. The van der Waals surface area contributed by atoms with Gasteiger partial charge in [0.05, 0.1) is 13.2 Å². The molecule has 2 unspecified atom stereocenters.